The number of sulfonamides is 1. The van der Waals surface area contributed by atoms with E-state index in [0.717, 1.165) is 11.5 Å². The first kappa shape index (κ1) is 22.8. The van der Waals surface area contributed by atoms with Gasteiger partial charge in [0.2, 0.25) is 10.0 Å². The molecule has 0 spiro atoms. The number of amides is 1. The number of hydrogen-bond acceptors (Lipinski definition) is 5. The largest absolute Gasteiger partial charge is 0.379 e. The molecule has 0 aliphatic carbocycles. The summed E-state index contributed by atoms with van der Waals surface area (Å²) in [5.74, 6) is 1.54. The summed E-state index contributed by atoms with van der Waals surface area (Å²) < 4.78 is 31.6. The molecule has 0 unspecified atom stereocenters. The maximum Gasteiger partial charge on any atom is 0.251 e. The van der Waals surface area contributed by atoms with Gasteiger partial charge in [0.15, 0.2) is 0 Å². The molecule has 1 aliphatic rings. The van der Waals surface area contributed by atoms with Crippen LogP contribution in [-0.4, -0.2) is 57.2 Å². The fourth-order valence-corrected chi connectivity index (χ4v) is 5.41. The molecule has 0 atom stereocenters. The highest BCUT2D eigenvalue weighted by Crippen LogP contribution is 2.14. The van der Waals surface area contributed by atoms with Crippen LogP contribution in [0.25, 0.3) is 0 Å². The van der Waals surface area contributed by atoms with E-state index in [0.29, 0.717) is 44.0 Å². The second kappa shape index (κ2) is 10.9. The Hall–Kier alpha value is -1.87. The highest BCUT2D eigenvalue weighted by molar-refractivity contribution is 7.98. The molecule has 2 aromatic carbocycles. The third-order valence-corrected chi connectivity index (χ3v) is 7.73. The molecule has 0 saturated carbocycles. The maximum atomic E-state index is 12.5. The number of morpholine rings is 1. The van der Waals surface area contributed by atoms with E-state index in [1.54, 1.807) is 36.0 Å². The predicted molar refractivity (Wildman–Crippen MR) is 121 cm³/mol. The molecule has 2 aromatic rings. The van der Waals surface area contributed by atoms with E-state index in [2.05, 4.69) is 36.5 Å². The summed E-state index contributed by atoms with van der Waals surface area (Å²) in [6, 6.07) is 15.2. The van der Waals surface area contributed by atoms with Crippen molar-refractivity contribution in [3.63, 3.8) is 0 Å². The Bertz CT molecular complexity index is 923. The molecule has 1 amide bonds. The van der Waals surface area contributed by atoms with Crippen molar-refractivity contribution in [2.75, 3.05) is 38.6 Å². The first-order valence-corrected chi connectivity index (χ1v) is 12.8. The molecule has 1 N–H and O–H groups in total. The van der Waals surface area contributed by atoms with Crippen LogP contribution in [0.4, 0.5) is 0 Å². The van der Waals surface area contributed by atoms with Gasteiger partial charge in [-0.1, -0.05) is 42.0 Å². The van der Waals surface area contributed by atoms with Crippen molar-refractivity contribution in [1.29, 1.82) is 0 Å². The Kier molecular flexibility index (Phi) is 8.32. The fourth-order valence-electron chi connectivity index (χ4n) is 3.09. The van der Waals surface area contributed by atoms with Crippen LogP contribution >= 0.6 is 11.8 Å². The molecule has 3 rings (SSSR count). The lowest BCUT2D eigenvalue weighted by Gasteiger charge is -2.26. The van der Waals surface area contributed by atoms with Gasteiger partial charge in [-0.25, -0.2) is 8.42 Å². The minimum Gasteiger partial charge on any atom is -0.379 e. The number of carbonyl (C=O) groups excluding carboxylic acids is 1. The highest BCUT2D eigenvalue weighted by Gasteiger charge is 2.24. The van der Waals surface area contributed by atoms with Gasteiger partial charge in [0.1, 0.15) is 0 Å². The number of ether oxygens (including phenoxy) is 1. The minimum absolute atomic E-state index is 0.0649. The Labute approximate surface area is 183 Å². The van der Waals surface area contributed by atoms with E-state index in [1.807, 2.05) is 0 Å². The molecule has 1 fully saturated rings. The summed E-state index contributed by atoms with van der Waals surface area (Å²) in [5.41, 5.74) is 3.73. The molecule has 6 nitrogen and oxygen atoms in total. The van der Waals surface area contributed by atoms with Gasteiger partial charge in [-0.15, -0.1) is 0 Å². The molecule has 8 heteroatoms. The molecule has 1 heterocycles. The summed E-state index contributed by atoms with van der Waals surface area (Å²) in [7, 11) is -3.37. The minimum atomic E-state index is -3.37. The maximum absolute atomic E-state index is 12.5. The van der Waals surface area contributed by atoms with Gasteiger partial charge in [0, 0.05) is 36.7 Å². The van der Waals surface area contributed by atoms with E-state index in [4.69, 9.17) is 4.74 Å². The van der Waals surface area contributed by atoms with Gasteiger partial charge in [0.25, 0.3) is 5.91 Å². The number of rotatable bonds is 9. The highest BCUT2D eigenvalue weighted by atomic mass is 32.2. The lowest BCUT2D eigenvalue weighted by Crippen LogP contribution is -2.41. The SMILES string of the molecule is Cc1ccc(CSCCNC(=O)c2ccc(CS(=O)(=O)N3CCOCC3)cc2)cc1. The quantitative estimate of drug-likeness (QED) is 0.597. The molecule has 30 heavy (non-hydrogen) atoms. The van der Waals surface area contributed by atoms with Crippen LogP contribution in [0.5, 0.6) is 0 Å². The van der Waals surface area contributed by atoms with Gasteiger partial charge >= 0.3 is 0 Å². The zero-order chi connectivity index (χ0) is 21.4. The van der Waals surface area contributed by atoms with E-state index < -0.39 is 10.0 Å². The van der Waals surface area contributed by atoms with Crippen molar-refractivity contribution in [2.45, 2.75) is 18.4 Å². The summed E-state index contributed by atoms with van der Waals surface area (Å²) in [6.07, 6.45) is 0. The third-order valence-electron chi connectivity index (χ3n) is 4.85. The van der Waals surface area contributed by atoms with Crippen molar-refractivity contribution in [3.05, 3.63) is 70.8 Å². The van der Waals surface area contributed by atoms with Crippen LogP contribution in [0, 0.1) is 6.92 Å². The number of carbonyl (C=O) groups is 1. The average molecular weight is 449 g/mol. The molecule has 0 aromatic heterocycles. The Balaban J connectivity index is 1.41. The molecule has 162 valence electrons. The van der Waals surface area contributed by atoms with Crippen LogP contribution in [-0.2, 0) is 26.3 Å². The van der Waals surface area contributed by atoms with Crippen molar-refractivity contribution in [3.8, 4) is 0 Å². The van der Waals surface area contributed by atoms with Crippen molar-refractivity contribution in [2.24, 2.45) is 0 Å². The topological polar surface area (TPSA) is 75.7 Å². The fraction of sp³-hybridized carbons (Fsp3) is 0.409. The number of hydrogen-bond donors (Lipinski definition) is 1. The second-order valence-corrected chi connectivity index (χ2v) is 10.3. The summed E-state index contributed by atoms with van der Waals surface area (Å²) in [4.78, 5) is 12.3. The monoisotopic (exact) mass is 448 g/mol. The number of nitrogens with zero attached hydrogens (tertiary/aromatic N) is 1. The summed E-state index contributed by atoms with van der Waals surface area (Å²) in [6.45, 7) is 4.31. The first-order valence-electron chi connectivity index (χ1n) is 10.00. The molecular weight excluding hydrogens is 420 g/mol. The van der Waals surface area contributed by atoms with Gasteiger partial charge in [-0.05, 0) is 30.2 Å². The third kappa shape index (κ3) is 6.84. The normalized spacial score (nSPS) is 15.1. The molecule has 0 radical (unpaired) electrons. The predicted octanol–water partition coefficient (Wildman–Crippen LogP) is 2.82. The summed E-state index contributed by atoms with van der Waals surface area (Å²) >= 11 is 1.78. The average Bonchev–Trinajstić information content (AvgIpc) is 2.75. The van der Waals surface area contributed by atoms with Gasteiger partial charge < -0.3 is 10.1 Å². The van der Waals surface area contributed by atoms with E-state index in [-0.39, 0.29) is 11.7 Å². The van der Waals surface area contributed by atoms with Crippen LogP contribution < -0.4 is 5.32 Å². The number of nitrogens with one attached hydrogen (secondary N) is 1. The van der Waals surface area contributed by atoms with E-state index >= 15 is 0 Å². The van der Waals surface area contributed by atoms with Crippen LogP contribution in [0.2, 0.25) is 0 Å². The molecule has 0 bridgehead atoms. The smallest absolute Gasteiger partial charge is 0.251 e. The van der Waals surface area contributed by atoms with Gasteiger partial charge in [0.05, 0.1) is 19.0 Å². The number of aryl methyl sites for hydroxylation is 1. The molecular formula is C22H28N2O4S2. The Morgan fingerprint density at radius 2 is 1.67 bits per heavy atom. The summed E-state index contributed by atoms with van der Waals surface area (Å²) in [5, 5.41) is 2.91. The first-order chi connectivity index (χ1) is 14.4. The van der Waals surface area contributed by atoms with Crippen molar-refractivity contribution in [1.82, 2.24) is 9.62 Å². The zero-order valence-corrected chi connectivity index (χ0v) is 18.8. The molecule has 1 aliphatic heterocycles. The zero-order valence-electron chi connectivity index (χ0n) is 17.2. The van der Waals surface area contributed by atoms with Gasteiger partial charge in [-0.2, -0.15) is 16.1 Å². The van der Waals surface area contributed by atoms with Crippen LogP contribution in [0.1, 0.15) is 27.0 Å². The standard InChI is InChI=1S/C22H28N2O4S2/c1-18-2-4-19(5-3-18)16-29-15-10-23-22(25)21-8-6-20(7-9-21)17-30(26,27)24-11-13-28-14-12-24/h2-9H,10-17H2,1H3,(H,23,25). The number of thioether (sulfide) groups is 1. The lowest BCUT2D eigenvalue weighted by molar-refractivity contribution is 0.0729. The molecule has 1 saturated heterocycles. The van der Waals surface area contributed by atoms with E-state index in [9.17, 15) is 13.2 Å². The second-order valence-electron chi connectivity index (χ2n) is 7.26. The van der Waals surface area contributed by atoms with Crippen LogP contribution in [0.3, 0.4) is 0 Å². The van der Waals surface area contributed by atoms with Gasteiger partial charge in [-0.3, -0.25) is 4.79 Å². The van der Waals surface area contributed by atoms with Crippen LogP contribution in [0.15, 0.2) is 48.5 Å². The number of benzene rings is 2. The lowest BCUT2D eigenvalue weighted by atomic mass is 10.1. The Morgan fingerprint density at radius 1 is 1.03 bits per heavy atom. The van der Waals surface area contributed by atoms with Crippen molar-refractivity contribution >= 4 is 27.7 Å². The van der Waals surface area contributed by atoms with E-state index in [1.165, 1.54) is 15.4 Å². The Morgan fingerprint density at radius 3 is 2.33 bits per heavy atom. The van der Waals surface area contributed by atoms with Crippen molar-refractivity contribution < 1.29 is 17.9 Å².